The Kier molecular flexibility index (Phi) is 12.1. The van der Waals surface area contributed by atoms with Gasteiger partial charge in [-0.3, -0.25) is 9.78 Å². The Balaban J connectivity index is 0.00000210. The second-order valence-corrected chi connectivity index (χ2v) is 8.69. The molecule has 0 bridgehead atoms. The van der Waals surface area contributed by atoms with Crippen LogP contribution >= 0.6 is 0 Å². The highest BCUT2D eigenvalue weighted by Crippen LogP contribution is 2.24. The summed E-state index contributed by atoms with van der Waals surface area (Å²) >= 11 is 0. The number of hydrogen-bond donors (Lipinski definition) is 2. The van der Waals surface area contributed by atoms with Crippen LogP contribution in [0.1, 0.15) is 43.9 Å². The number of oxime groups is 1. The number of carbonyl (C=O) groups is 1. The molecule has 9 nitrogen and oxygen atoms in total. The SMILES string of the molecule is CCC(CCN(C)Cc1ccnc(N)c1)C(=O)N1CCC(/C(=N\OC)c2ccccn2)CC1.CO. The first kappa shape index (κ1) is 28.2. The van der Waals surface area contributed by atoms with Crippen molar-refractivity contribution in [3.05, 3.63) is 54.0 Å². The number of aliphatic hydroxyl groups excluding tert-OH is 1. The van der Waals surface area contributed by atoms with E-state index in [0.29, 0.717) is 5.82 Å². The average molecular weight is 485 g/mol. The fraction of sp³-hybridized carbons (Fsp3) is 0.538. The predicted octanol–water partition coefficient (Wildman–Crippen LogP) is 2.80. The largest absolute Gasteiger partial charge is 0.400 e. The van der Waals surface area contributed by atoms with Gasteiger partial charge in [0.15, 0.2) is 0 Å². The number of nitrogens with zero attached hydrogens (tertiary/aromatic N) is 5. The summed E-state index contributed by atoms with van der Waals surface area (Å²) in [7, 11) is 4.64. The first-order valence-electron chi connectivity index (χ1n) is 12.2. The lowest BCUT2D eigenvalue weighted by molar-refractivity contribution is -0.137. The van der Waals surface area contributed by atoms with Crippen molar-refractivity contribution in [1.29, 1.82) is 0 Å². The summed E-state index contributed by atoms with van der Waals surface area (Å²) in [6, 6.07) is 9.68. The van der Waals surface area contributed by atoms with E-state index in [0.717, 1.165) is 75.9 Å². The van der Waals surface area contributed by atoms with E-state index in [9.17, 15) is 4.79 Å². The van der Waals surface area contributed by atoms with Crippen LogP contribution in [0, 0.1) is 11.8 Å². The molecule has 1 aliphatic heterocycles. The Bertz CT molecular complexity index is 916. The second kappa shape index (κ2) is 15.1. The number of carbonyl (C=O) groups excluding carboxylic acids is 1. The number of aliphatic hydroxyl groups is 1. The summed E-state index contributed by atoms with van der Waals surface area (Å²) in [6.45, 7) is 5.22. The van der Waals surface area contributed by atoms with Crippen LogP contribution in [0.25, 0.3) is 0 Å². The maximum absolute atomic E-state index is 13.2. The van der Waals surface area contributed by atoms with E-state index in [4.69, 9.17) is 15.7 Å². The van der Waals surface area contributed by atoms with Gasteiger partial charge >= 0.3 is 0 Å². The van der Waals surface area contributed by atoms with Gasteiger partial charge in [0.2, 0.25) is 5.91 Å². The van der Waals surface area contributed by atoms with Gasteiger partial charge in [-0.05, 0) is 69.1 Å². The summed E-state index contributed by atoms with van der Waals surface area (Å²) in [5, 5.41) is 11.3. The lowest BCUT2D eigenvalue weighted by atomic mass is 9.89. The molecule has 0 aromatic carbocycles. The molecule has 1 unspecified atom stereocenters. The summed E-state index contributed by atoms with van der Waals surface area (Å²) in [4.78, 5) is 31.1. The zero-order valence-electron chi connectivity index (χ0n) is 21.4. The minimum atomic E-state index is 0.0365. The van der Waals surface area contributed by atoms with Crippen LogP contribution in [0.4, 0.5) is 5.82 Å². The molecule has 2 aromatic heterocycles. The molecule has 0 radical (unpaired) electrons. The second-order valence-electron chi connectivity index (χ2n) is 8.69. The minimum absolute atomic E-state index is 0.0365. The Morgan fingerprint density at radius 2 is 2.00 bits per heavy atom. The number of amides is 1. The number of nitrogens with two attached hydrogens (primary N) is 1. The monoisotopic (exact) mass is 484 g/mol. The van der Waals surface area contributed by atoms with Crippen molar-refractivity contribution >= 4 is 17.4 Å². The maximum Gasteiger partial charge on any atom is 0.225 e. The first-order valence-corrected chi connectivity index (χ1v) is 12.2. The van der Waals surface area contributed by atoms with Crippen LogP contribution in [-0.2, 0) is 16.2 Å². The average Bonchev–Trinajstić information content (AvgIpc) is 2.89. The van der Waals surface area contributed by atoms with E-state index in [-0.39, 0.29) is 17.7 Å². The quantitative estimate of drug-likeness (QED) is 0.393. The highest BCUT2D eigenvalue weighted by molar-refractivity contribution is 6.00. The first-order chi connectivity index (χ1) is 17.0. The summed E-state index contributed by atoms with van der Waals surface area (Å²) in [6.07, 6.45) is 6.92. The lowest BCUT2D eigenvalue weighted by Gasteiger charge is -2.34. The molecule has 1 aliphatic rings. The van der Waals surface area contributed by atoms with Gasteiger partial charge in [0.25, 0.3) is 0 Å². The van der Waals surface area contributed by atoms with Crippen molar-refractivity contribution in [2.45, 2.75) is 39.2 Å². The zero-order valence-corrected chi connectivity index (χ0v) is 21.4. The van der Waals surface area contributed by atoms with Gasteiger partial charge in [0, 0.05) is 51.0 Å². The molecule has 0 spiro atoms. The van der Waals surface area contributed by atoms with Crippen LogP contribution < -0.4 is 5.73 Å². The standard InChI is InChI=1S/C25H36N6O2.CH4O/c1-4-20(9-14-30(2)18-19-8-13-28-23(26)17-19)25(32)31-15-10-21(11-16-31)24(29-33-3)22-7-5-6-12-27-22;1-2/h5-8,12-13,17,20-21H,4,9-11,14-16,18H2,1-3H3,(H2,26,28);2H,1H3/b29-24+;. The fourth-order valence-corrected chi connectivity index (χ4v) is 4.44. The molecule has 3 heterocycles. The van der Waals surface area contributed by atoms with Crippen molar-refractivity contribution in [2.75, 3.05) is 46.6 Å². The molecular formula is C26H40N6O3. The number of piperidine rings is 1. The molecule has 1 atom stereocenters. The zero-order chi connectivity index (χ0) is 25.6. The maximum atomic E-state index is 13.2. The number of rotatable bonds is 10. The topological polar surface area (TPSA) is 117 Å². The normalized spacial score (nSPS) is 15.4. The third kappa shape index (κ3) is 8.60. The van der Waals surface area contributed by atoms with E-state index < -0.39 is 0 Å². The van der Waals surface area contributed by atoms with Crippen molar-refractivity contribution in [3.8, 4) is 0 Å². The Labute approximate surface area is 209 Å². The predicted molar refractivity (Wildman–Crippen MR) is 139 cm³/mol. The molecule has 0 saturated carbocycles. The number of nitrogen functional groups attached to an aromatic ring is 1. The van der Waals surface area contributed by atoms with Crippen molar-refractivity contribution in [3.63, 3.8) is 0 Å². The molecule has 1 saturated heterocycles. The number of aromatic nitrogens is 2. The summed E-state index contributed by atoms with van der Waals surface area (Å²) in [5.41, 5.74) is 8.63. The van der Waals surface area contributed by atoms with Gasteiger partial charge in [-0.1, -0.05) is 18.1 Å². The third-order valence-electron chi connectivity index (χ3n) is 6.31. The molecular weight excluding hydrogens is 444 g/mol. The molecule has 0 aliphatic carbocycles. The minimum Gasteiger partial charge on any atom is -0.400 e. The molecule has 9 heteroatoms. The Hall–Kier alpha value is -3.04. The van der Waals surface area contributed by atoms with E-state index in [2.05, 4.69) is 34.0 Å². The van der Waals surface area contributed by atoms with Crippen LogP contribution in [0.5, 0.6) is 0 Å². The fourth-order valence-electron chi connectivity index (χ4n) is 4.44. The van der Waals surface area contributed by atoms with E-state index in [1.165, 1.54) is 0 Å². The number of likely N-dealkylation sites (tertiary alicyclic amines) is 1. The van der Waals surface area contributed by atoms with Gasteiger partial charge < -0.3 is 25.5 Å². The van der Waals surface area contributed by atoms with Crippen LogP contribution in [-0.4, -0.2) is 77.4 Å². The molecule has 3 rings (SSSR count). The van der Waals surface area contributed by atoms with E-state index >= 15 is 0 Å². The molecule has 1 amide bonds. The number of pyridine rings is 2. The van der Waals surface area contributed by atoms with Gasteiger partial charge in [-0.15, -0.1) is 0 Å². The van der Waals surface area contributed by atoms with Crippen molar-refractivity contribution in [1.82, 2.24) is 19.8 Å². The molecule has 3 N–H and O–H groups in total. The van der Waals surface area contributed by atoms with Crippen LogP contribution in [0.15, 0.2) is 47.9 Å². The molecule has 192 valence electrons. The van der Waals surface area contributed by atoms with Gasteiger partial charge in [0.1, 0.15) is 18.6 Å². The van der Waals surface area contributed by atoms with Gasteiger partial charge in [-0.2, -0.15) is 0 Å². The van der Waals surface area contributed by atoms with Crippen molar-refractivity contribution in [2.24, 2.45) is 17.0 Å². The highest BCUT2D eigenvalue weighted by Gasteiger charge is 2.30. The molecule has 2 aromatic rings. The number of anilines is 1. The third-order valence-corrected chi connectivity index (χ3v) is 6.31. The summed E-state index contributed by atoms with van der Waals surface area (Å²) < 4.78 is 0. The summed E-state index contributed by atoms with van der Waals surface area (Å²) in [5.74, 6) is 1.07. The number of hydrogen-bond acceptors (Lipinski definition) is 8. The van der Waals surface area contributed by atoms with Gasteiger partial charge in [-0.25, -0.2) is 4.98 Å². The Morgan fingerprint density at radius 1 is 1.26 bits per heavy atom. The molecule has 1 fully saturated rings. The molecule has 35 heavy (non-hydrogen) atoms. The van der Waals surface area contributed by atoms with E-state index in [1.54, 1.807) is 19.5 Å². The van der Waals surface area contributed by atoms with Crippen LogP contribution in [0.2, 0.25) is 0 Å². The Morgan fingerprint density at radius 3 is 2.60 bits per heavy atom. The van der Waals surface area contributed by atoms with Crippen molar-refractivity contribution < 1.29 is 14.7 Å². The highest BCUT2D eigenvalue weighted by atomic mass is 16.6. The van der Waals surface area contributed by atoms with Gasteiger partial charge in [0.05, 0.1) is 5.69 Å². The van der Waals surface area contributed by atoms with Crippen LogP contribution in [0.3, 0.4) is 0 Å². The lowest BCUT2D eigenvalue weighted by Crippen LogP contribution is -2.43. The van der Waals surface area contributed by atoms with E-state index in [1.807, 2.05) is 35.2 Å². The smallest absolute Gasteiger partial charge is 0.225 e.